The summed E-state index contributed by atoms with van der Waals surface area (Å²) >= 11 is 0. The summed E-state index contributed by atoms with van der Waals surface area (Å²) in [4.78, 5) is -0.0687. The highest BCUT2D eigenvalue weighted by molar-refractivity contribution is 7.92. The van der Waals surface area contributed by atoms with Crippen molar-refractivity contribution in [3.05, 3.63) is 17.6 Å². The van der Waals surface area contributed by atoms with E-state index in [2.05, 4.69) is 4.72 Å². The first-order chi connectivity index (χ1) is 8.73. The Hall–Kier alpha value is -0.900. The van der Waals surface area contributed by atoms with Gasteiger partial charge in [0.25, 0.3) is 0 Å². The minimum absolute atomic E-state index is 0.00749. The molecule has 2 heterocycles. The number of sulfone groups is 1. The van der Waals surface area contributed by atoms with E-state index < -0.39 is 32.5 Å². The number of nitrogens with one attached hydrogen (secondary N) is 1. The fourth-order valence-electron chi connectivity index (χ4n) is 2.04. The second-order valence-corrected chi connectivity index (χ2v) is 8.42. The molecule has 0 aliphatic carbocycles. The lowest BCUT2D eigenvalue weighted by Crippen LogP contribution is -2.35. The van der Waals surface area contributed by atoms with E-state index in [1.165, 1.54) is 13.0 Å². The Morgan fingerprint density at radius 2 is 2.21 bits per heavy atom. The minimum Gasteiger partial charge on any atom is -0.462 e. The van der Waals surface area contributed by atoms with Crippen LogP contribution in [0.1, 0.15) is 17.9 Å². The first-order valence-electron chi connectivity index (χ1n) is 5.66. The average molecular weight is 309 g/mol. The summed E-state index contributed by atoms with van der Waals surface area (Å²) in [5.74, 6) is 0.122. The maximum Gasteiger partial charge on any atom is 0.244 e. The van der Waals surface area contributed by atoms with Gasteiger partial charge in [0, 0.05) is 12.1 Å². The summed E-state index contributed by atoms with van der Waals surface area (Å²) in [5.41, 5.74) is 0. The van der Waals surface area contributed by atoms with Crippen molar-refractivity contribution in [3.8, 4) is 0 Å². The van der Waals surface area contributed by atoms with Crippen molar-refractivity contribution in [3.63, 3.8) is 0 Å². The molecule has 0 aromatic carbocycles. The molecule has 0 radical (unpaired) electrons. The molecule has 1 aliphatic rings. The third-order valence-corrected chi connectivity index (χ3v) is 6.32. The lowest BCUT2D eigenvalue weighted by molar-refractivity contribution is 0.244. The SMILES string of the molecule is Cc1oc(CO)cc1S(=O)(=O)NC1CCS(=O)(=O)C1. The third-order valence-electron chi connectivity index (χ3n) is 2.92. The van der Waals surface area contributed by atoms with Gasteiger partial charge in [-0.2, -0.15) is 0 Å². The second-order valence-electron chi connectivity index (χ2n) is 4.51. The molecule has 9 heteroatoms. The summed E-state index contributed by atoms with van der Waals surface area (Å²) in [6, 6.07) is 0.628. The van der Waals surface area contributed by atoms with Crippen LogP contribution in [0.25, 0.3) is 0 Å². The summed E-state index contributed by atoms with van der Waals surface area (Å²) in [5, 5.41) is 8.91. The number of hydrogen-bond donors (Lipinski definition) is 2. The van der Waals surface area contributed by atoms with Gasteiger partial charge < -0.3 is 9.52 Å². The van der Waals surface area contributed by atoms with Gasteiger partial charge in [-0.1, -0.05) is 0 Å². The largest absolute Gasteiger partial charge is 0.462 e. The zero-order chi connectivity index (χ0) is 14.3. The fourth-order valence-corrected chi connectivity index (χ4v) is 5.29. The smallest absolute Gasteiger partial charge is 0.244 e. The van der Waals surface area contributed by atoms with Crippen LogP contribution < -0.4 is 4.72 Å². The van der Waals surface area contributed by atoms with Gasteiger partial charge in [-0.25, -0.2) is 21.6 Å². The van der Waals surface area contributed by atoms with E-state index in [0.29, 0.717) is 0 Å². The van der Waals surface area contributed by atoms with Crippen LogP contribution in [0.3, 0.4) is 0 Å². The van der Waals surface area contributed by atoms with Crippen LogP contribution in [-0.4, -0.2) is 39.5 Å². The quantitative estimate of drug-likeness (QED) is 0.778. The molecule has 19 heavy (non-hydrogen) atoms. The molecule has 1 aromatic rings. The molecule has 1 aliphatic heterocycles. The van der Waals surface area contributed by atoms with Crippen LogP contribution in [0.2, 0.25) is 0 Å². The molecule has 1 aromatic heterocycles. The maximum absolute atomic E-state index is 12.1. The molecule has 1 atom stereocenters. The molecule has 2 N–H and O–H groups in total. The molecule has 1 fully saturated rings. The Bertz CT molecular complexity index is 673. The van der Waals surface area contributed by atoms with Gasteiger partial charge in [0.05, 0.1) is 11.5 Å². The molecule has 0 spiro atoms. The number of hydrogen-bond acceptors (Lipinski definition) is 6. The van der Waals surface area contributed by atoms with Gasteiger partial charge in [0.1, 0.15) is 23.0 Å². The molecular formula is C10H15NO6S2. The highest BCUT2D eigenvalue weighted by atomic mass is 32.2. The van der Waals surface area contributed by atoms with E-state index in [4.69, 9.17) is 9.52 Å². The highest BCUT2D eigenvalue weighted by Gasteiger charge is 2.32. The lowest BCUT2D eigenvalue weighted by atomic mass is 10.3. The molecular weight excluding hydrogens is 294 g/mol. The fraction of sp³-hybridized carbons (Fsp3) is 0.600. The van der Waals surface area contributed by atoms with Gasteiger partial charge in [-0.05, 0) is 13.3 Å². The van der Waals surface area contributed by atoms with Crippen molar-refractivity contribution in [2.45, 2.75) is 30.9 Å². The van der Waals surface area contributed by atoms with Crippen molar-refractivity contribution >= 4 is 19.9 Å². The Morgan fingerprint density at radius 1 is 1.53 bits per heavy atom. The van der Waals surface area contributed by atoms with Gasteiger partial charge in [0.2, 0.25) is 10.0 Å². The predicted octanol–water partition coefficient (Wildman–Crippen LogP) is -0.454. The molecule has 7 nitrogen and oxygen atoms in total. The van der Waals surface area contributed by atoms with Crippen molar-refractivity contribution in [2.24, 2.45) is 0 Å². The topological polar surface area (TPSA) is 114 Å². The predicted molar refractivity (Wildman–Crippen MR) is 66.7 cm³/mol. The molecule has 108 valence electrons. The van der Waals surface area contributed by atoms with E-state index in [-0.39, 0.29) is 34.3 Å². The molecule has 1 unspecified atom stereocenters. The second kappa shape index (κ2) is 4.89. The zero-order valence-corrected chi connectivity index (χ0v) is 11.9. The zero-order valence-electron chi connectivity index (χ0n) is 10.3. The van der Waals surface area contributed by atoms with E-state index in [1.54, 1.807) is 0 Å². The maximum atomic E-state index is 12.1. The van der Waals surface area contributed by atoms with Crippen molar-refractivity contribution in [1.82, 2.24) is 4.72 Å². The standard InChI is InChI=1S/C10H15NO6S2/c1-7-10(4-9(5-12)17-7)19(15,16)11-8-2-3-18(13,14)6-8/h4,8,11-12H,2-3,5-6H2,1H3. The van der Waals surface area contributed by atoms with Gasteiger partial charge in [-0.3, -0.25) is 0 Å². The summed E-state index contributed by atoms with van der Waals surface area (Å²) in [6.45, 7) is 1.08. The number of aryl methyl sites for hydroxylation is 1. The lowest BCUT2D eigenvalue weighted by Gasteiger charge is -2.10. The molecule has 0 amide bonds. The van der Waals surface area contributed by atoms with Crippen LogP contribution in [0.4, 0.5) is 0 Å². The summed E-state index contributed by atoms with van der Waals surface area (Å²) in [6.07, 6.45) is 0.269. The summed E-state index contributed by atoms with van der Waals surface area (Å²) in [7, 11) is -6.98. The monoisotopic (exact) mass is 309 g/mol. The molecule has 0 saturated carbocycles. The first kappa shape index (κ1) is 14.5. The Kier molecular flexibility index (Phi) is 3.74. The van der Waals surface area contributed by atoms with Gasteiger partial charge in [-0.15, -0.1) is 0 Å². The number of rotatable bonds is 4. The average Bonchev–Trinajstić information content (AvgIpc) is 2.81. The van der Waals surface area contributed by atoms with E-state index in [0.717, 1.165) is 0 Å². The van der Waals surface area contributed by atoms with E-state index in [9.17, 15) is 16.8 Å². The third kappa shape index (κ3) is 3.16. The van der Waals surface area contributed by atoms with Gasteiger partial charge >= 0.3 is 0 Å². The Balaban J connectivity index is 2.21. The Labute approximate surface area is 111 Å². The van der Waals surface area contributed by atoms with Crippen LogP contribution >= 0.6 is 0 Å². The van der Waals surface area contributed by atoms with Crippen LogP contribution in [0, 0.1) is 6.92 Å². The number of aliphatic hydroxyl groups is 1. The number of sulfonamides is 1. The molecule has 0 bridgehead atoms. The Morgan fingerprint density at radius 3 is 2.68 bits per heavy atom. The highest BCUT2D eigenvalue weighted by Crippen LogP contribution is 2.21. The van der Waals surface area contributed by atoms with Crippen molar-refractivity contribution < 1.29 is 26.4 Å². The van der Waals surface area contributed by atoms with Crippen molar-refractivity contribution in [1.29, 1.82) is 0 Å². The first-order valence-corrected chi connectivity index (χ1v) is 8.97. The van der Waals surface area contributed by atoms with Crippen LogP contribution in [-0.2, 0) is 26.5 Å². The van der Waals surface area contributed by atoms with Crippen LogP contribution in [0.5, 0.6) is 0 Å². The van der Waals surface area contributed by atoms with E-state index in [1.807, 2.05) is 0 Å². The molecule has 2 rings (SSSR count). The van der Waals surface area contributed by atoms with Gasteiger partial charge in [0.15, 0.2) is 9.84 Å². The summed E-state index contributed by atoms with van der Waals surface area (Å²) < 4.78 is 54.2. The minimum atomic E-state index is -3.83. The molecule has 1 saturated heterocycles. The normalized spacial score (nSPS) is 22.7. The van der Waals surface area contributed by atoms with E-state index >= 15 is 0 Å². The van der Waals surface area contributed by atoms with Crippen LogP contribution in [0.15, 0.2) is 15.4 Å². The van der Waals surface area contributed by atoms with Crippen molar-refractivity contribution in [2.75, 3.05) is 11.5 Å². The number of furan rings is 1. The number of aliphatic hydroxyl groups excluding tert-OH is 1.